The van der Waals surface area contributed by atoms with Crippen molar-refractivity contribution >= 4 is 29.7 Å². The molecule has 0 aliphatic carbocycles. The van der Waals surface area contributed by atoms with Crippen LogP contribution in [0.25, 0.3) is 0 Å². The quantitative estimate of drug-likeness (QED) is 0.561. The van der Waals surface area contributed by atoms with Crippen LogP contribution in [-0.4, -0.2) is 75.8 Å². The zero-order chi connectivity index (χ0) is 24.4. The third-order valence-corrected chi connectivity index (χ3v) is 5.48. The van der Waals surface area contributed by atoms with Gasteiger partial charge in [0, 0.05) is 13.5 Å². The SMILES string of the molecule is CC(=O)NC[C@H]1CN(c2ccc(N3C=NN(Cc4c(C)nc(O)nc4O)CC3)c(F)c2)C(=O)O1. The summed E-state index contributed by atoms with van der Waals surface area (Å²) < 4.78 is 20.1. The van der Waals surface area contributed by atoms with Gasteiger partial charge in [0.2, 0.25) is 11.8 Å². The average Bonchev–Trinajstić information content (AvgIpc) is 3.16. The van der Waals surface area contributed by atoms with E-state index in [1.54, 1.807) is 29.0 Å². The summed E-state index contributed by atoms with van der Waals surface area (Å²) in [7, 11) is 0. The number of hydrogen-bond donors (Lipinski definition) is 3. The van der Waals surface area contributed by atoms with Crippen LogP contribution in [0.2, 0.25) is 0 Å². The lowest BCUT2D eigenvalue weighted by Gasteiger charge is -2.30. The molecule has 3 heterocycles. The Morgan fingerprint density at radius 2 is 2.09 bits per heavy atom. The van der Waals surface area contributed by atoms with Crippen molar-refractivity contribution in [1.82, 2.24) is 20.3 Å². The van der Waals surface area contributed by atoms with E-state index in [0.29, 0.717) is 35.7 Å². The molecule has 1 aromatic carbocycles. The van der Waals surface area contributed by atoms with Crippen LogP contribution in [0.3, 0.4) is 0 Å². The molecule has 34 heavy (non-hydrogen) atoms. The molecular weight excluding hydrogens is 449 g/mol. The molecule has 1 saturated heterocycles. The molecule has 4 rings (SSSR count). The number of anilines is 2. The van der Waals surface area contributed by atoms with Crippen LogP contribution in [0.4, 0.5) is 20.6 Å². The molecule has 3 N–H and O–H groups in total. The topological polar surface area (TPSA) is 144 Å². The highest BCUT2D eigenvalue weighted by atomic mass is 19.1. The summed E-state index contributed by atoms with van der Waals surface area (Å²) in [5, 5.41) is 27.9. The Morgan fingerprint density at radius 3 is 2.74 bits per heavy atom. The van der Waals surface area contributed by atoms with Crippen molar-refractivity contribution in [2.45, 2.75) is 26.5 Å². The van der Waals surface area contributed by atoms with Crippen molar-refractivity contribution in [1.29, 1.82) is 0 Å². The van der Waals surface area contributed by atoms with Gasteiger partial charge in [-0.05, 0) is 25.1 Å². The fourth-order valence-electron chi connectivity index (χ4n) is 3.70. The van der Waals surface area contributed by atoms with Gasteiger partial charge in [0.25, 0.3) is 0 Å². The van der Waals surface area contributed by atoms with E-state index in [4.69, 9.17) is 4.74 Å². The van der Waals surface area contributed by atoms with Gasteiger partial charge in [0.15, 0.2) is 0 Å². The first-order valence-electron chi connectivity index (χ1n) is 10.5. The number of nitrogens with zero attached hydrogens (tertiary/aromatic N) is 6. The van der Waals surface area contributed by atoms with Crippen molar-refractivity contribution in [3.63, 3.8) is 0 Å². The number of ether oxygens (including phenoxy) is 1. The molecule has 0 spiro atoms. The standard InChI is InChI=1S/C21H24FN7O5/c1-12-16(19(31)26-20(32)25-12)10-28-6-5-27(11-24-28)18-4-3-14(7-17(18)22)29-9-15(34-21(29)33)8-23-13(2)30/h3-4,7,11,15H,5-6,8-10H2,1-2H3,(H,23,30)(H2,25,26,31,32)/t15-/m0/s1. The van der Waals surface area contributed by atoms with Crippen molar-refractivity contribution in [2.75, 3.05) is 36.0 Å². The number of halogens is 1. The van der Waals surface area contributed by atoms with Gasteiger partial charge in [-0.15, -0.1) is 0 Å². The Hall–Kier alpha value is -4.16. The van der Waals surface area contributed by atoms with Gasteiger partial charge in [-0.1, -0.05) is 0 Å². The van der Waals surface area contributed by atoms with Gasteiger partial charge in [-0.2, -0.15) is 10.1 Å². The molecule has 2 aliphatic rings. The molecule has 0 unspecified atom stereocenters. The normalized spacial score (nSPS) is 17.8. The van der Waals surface area contributed by atoms with E-state index in [1.165, 1.54) is 24.2 Å². The highest BCUT2D eigenvalue weighted by Gasteiger charge is 2.33. The number of aromatic hydroxyl groups is 2. The molecule has 13 heteroatoms. The zero-order valence-corrected chi connectivity index (χ0v) is 18.6. The number of cyclic esters (lactones) is 1. The first-order valence-corrected chi connectivity index (χ1v) is 10.5. The number of nitrogens with one attached hydrogen (secondary N) is 1. The van der Waals surface area contributed by atoms with E-state index < -0.39 is 24.0 Å². The number of aryl methyl sites for hydroxylation is 1. The maximum Gasteiger partial charge on any atom is 0.414 e. The molecule has 0 radical (unpaired) electrons. The Labute approximate surface area is 194 Å². The number of carbonyl (C=O) groups excluding carboxylic acids is 2. The van der Waals surface area contributed by atoms with E-state index in [-0.39, 0.29) is 31.4 Å². The molecule has 0 saturated carbocycles. The van der Waals surface area contributed by atoms with Crippen LogP contribution in [-0.2, 0) is 16.1 Å². The number of hydrogen-bond acceptors (Lipinski definition) is 10. The molecular formula is C21H24FN7O5. The number of rotatable bonds is 6. The number of amides is 2. The van der Waals surface area contributed by atoms with Crippen molar-refractivity contribution in [2.24, 2.45) is 5.10 Å². The maximum atomic E-state index is 14.9. The first-order chi connectivity index (χ1) is 16.2. The lowest BCUT2D eigenvalue weighted by Crippen LogP contribution is -2.38. The van der Waals surface area contributed by atoms with Crippen LogP contribution in [0.15, 0.2) is 23.3 Å². The van der Waals surface area contributed by atoms with Crippen molar-refractivity contribution in [3.05, 3.63) is 35.3 Å². The summed E-state index contributed by atoms with van der Waals surface area (Å²) >= 11 is 0. The van der Waals surface area contributed by atoms with Crippen LogP contribution >= 0.6 is 0 Å². The predicted molar refractivity (Wildman–Crippen MR) is 119 cm³/mol. The molecule has 1 aromatic heterocycles. The second-order valence-corrected chi connectivity index (χ2v) is 7.91. The molecule has 12 nitrogen and oxygen atoms in total. The third-order valence-electron chi connectivity index (χ3n) is 5.48. The van der Waals surface area contributed by atoms with Crippen LogP contribution in [0.1, 0.15) is 18.2 Å². The molecule has 0 bridgehead atoms. The number of carbonyl (C=O) groups is 2. The molecule has 2 aromatic rings. The lowest BCUT2D eigenvalue weighted by atomic mass is 10.2. The molecule has 2 amide bonds. The monoisotopic (exact) mass is 473 g/mol. The van der Waals surface area contributed by atoms with Gasteiger partial charge in [-0.25, -0.2) is 14.2 Å². The minimum atomic E-state index is -0.602. The second kappa shape index (κ2) is 9.37. The number of hydrazone groups is 1. The summed E-state index contributed by atoms with van der Waals surface area (Å²) in [5.41, 5.74) is 1.52. The number of benzene rings is 1. The lowest BCUT2D eigenvalue weighted by molar-refractivity contribution is -0.119. The van der Waals surface area contributed by atoms with Gasteiger partial charge in [0.05, 0.1) is 48.8 Å². The molecule has 2 aliphatic heterocycles. The van der Waals surface area contributed by atoms with Crippen LogP contribution in [0, 0.1) is 12.7 Å². The Morgan fingerprint density at radius 1 is 1.29 bits per heavy atom. The average molecular weight is 473 g/mol. The summed E-state index contributed by atoms with van der Waals surface area (Å²) in [6.07, 6.45) is 0.360. The highest BCUT2D eigenvalue weighted by molar-refractivity contribution is 5.90. The minimum absolute atomic E-state index is 0.187. The maximum absolute atomic E-state index is 14.9. The van der Waals surface area contributed by atoms with Gasteiger partial charge in [-0.3, -0.25) is 14.7 Å². The van der Waals surface area contributed by atoms with Crippen LogP contribution in [0.5, 0.6) is 11.9 Å². The van der Waals surface area contributed by atoms with E-state index in [1.807, 2.05) is 0 Å². The van der Waals surface area contributed by atoms with Crippen molar-refractivity contribution < 1.29 is 28.9 Å². The second-order valence-electron chi connectivity index (χ2n) is 7.91. The predicted octanol–water partition coefficient (Wildman–Crippen LogP) is 1.06. The van der Waals surface area contributed by atoms with E-state index >= 15 is 0 Å². The smallest absolute Gasteiger partial charge is 0.414 e. The van der Waals surface area contributed by atoms with E-state index in [2.05, 4.69) is 20.4 Å². The number of aromatic nitrogens is 2. The summed E-state index contributed by atoms with van der Waals surface area (Å²) in [5.74, 6) is -1.07. The molecule has 1 fully saturated rings. The Balaban J connectivity index is 1.41. The van der Waals surface area contributed by atoms with Gasteiger partial charge >= 0.3 is 12.1 Å². The summed E-state index contributed by atoms with van der Waals surface area (Å²) in [6.45, 7) is 4.48. The minimum Gasteiger partial charge on any atom is -0.493 e. The van der Waals surface area contributed by atoms with Gasteiger partial charge in [0.1, 0.15) is 18.3 Å². The first kappa shape index (κ1) is 23.0. The molecule has 1 atom stereocenters. The summed E-state index contributed by atoms with van der Waals surface area (Å²) in [4.78, 5) is 33.6. The summed E-state index contributed by atoms with van der Waals surface area (Å²) in [6, 6.07) is 3.93. The molecule has 180 valence electrons. The van der Waals surface area contributed by atoms with Gasteiger partial charge < -0.3 is 25.2 Å². The van der Waals surface area contributed by atoms with E-state index in [9.17, 15) is 24.2 Å². The fraction of sp³-hybridized carbons (Fsp3) is 0.381. The zero-order valence-electron chi connectivity index (χ0n) is 18.6. The van der Waals surface area contributed by atoms with E-state index in [0.717, 1.165) is 0 Å². The Bertz CT molecular complexity index is 1120. The van der Waals surface area contributed by atoms with Crippen LogP contribution < -0.4 is 15.1 Å². The third kappa shape index (κ3) is 4.92. The highest BCUT2D eigenvalue weighted by Crippen LogP contribution is 2.28. The Kier molecular flexibility index (Phi) is 6.34. The fourth-order valence-corrected chi connectivity index (χ4v) is 3.70. The largest absolute Gasteiger partial charge is 0.493 e. The van der Waals surface area contributed by atoms with Crippen molar-refractivity contribution in [3.8, 4) is 11.9 Å².